The van der Waals surface area contributed by atoms with Crippen LogP contribution in [0.3, 0.4) is 0 Å². The molecule has 0 bridgehead atoms. The van der Waals surface area contributed by atoms with Crippen LogP contribution in [0.1, 0.15) is 39.3 Å². The van der Waals surface area contributed by atoms with Gasteiger partial charge < -0.3 is 15.4 Å². The number of fused-ring (bicyclic) bond motifs is 1. The van der Waals surface area contributed by atoms with Gasteiger partial charge in [-0.25, -0.2) is 14.2 Å². The van der Waals surface area contributed by atoms with Gasteiger partial charge in [0, 0.05) is 5.54 Å². The smallest absolute Gasteiger partial charge is 0.406 e. The van der Waals surface area contributed by atoms with Crippen LogP contribution in [0.25, 0.3) is 11.0 Å². The molecule has 11 heteroatoms. The number of amides is 2. The molecular formula is C22H22F4N4O3. The Bertz CT molecular complexity index is 1250. The quantitative estimate of drug-likeness (QED) is 0.532. The summed E-state index contributed by atoms with van der Waals surface area (Å²) in [5, 5.41) is 5.05. The van der Waals surface area contributed by atoms with Gasteiger partial charge in [-0.15, -0.1) is 13.2 Å². The highest BCUT2D eigenvalue weighted by Crippen LogP contribution is 2.29. The van der Waals surface area contributed by atoms with E-state index in [0.29, 0.717) is 5.56 Å². The molecule has 3 aromatic rings. The van der Waals surface area contributed by atoms with Crippen LogP contribution in [0.15, 0.2) is 47.4 Å². The van der Waals surface area contributed by atoms with E-state index in [4.69, 9.17) is 0 Å². The molecule has 1 aromatic heterocycles. The van der Waals surface area contributed by atoms with E-state index in [1.54, 1.807) is 27.7 Å². The number of alkyl halides is 3. The summed E-state index contributed by atoms with van der Waals surface area (Å²) in [4.78, 5) is 28.6. The van der Waals surface area contributed by atoms with Crippen molar-refractivity contribution < 1.29 is 27.1 Å². The third kappa shape index (κ3) is 5.79. The van der Waals surface area contributed by atoms with Crippen LogP contribution < -0.4 is 20.9 Å². The van der Waals surface area contributed by atoms with Crippen molar-refractivity contribution in [3.05, 3.63) is 64.3 Å². The number of urea groups is 1. The minimum Gasteiger partial charge on any atom is -0.406 e. The fraction of sp³-hybridized carbons (Fsp3) is 0.318. The number of hydrogen-bond acceptors (Lipinski definition) is 4. The molecule has 0 radical (unpaired) electrons. The number of nitrogens with one attached hydrogen (secondary N) is 2. The molecule has 1 atom stereocenters. The highest BCUT2D eigenvalue weighted by Gasteiger charge is 2.31. The first-order valence-electron chi connectivity index (χ1n) is 9.90. The van der Waals surface area contributed by atoms with Crippen LogP contribution in [-0.4, -0.2) is 27.5 Å². The Morgan fingerprint density at radius 3 is 2.48 bits per heavy atom. The molecule has 0 saturated heterocycles. The number of carbonyl (C=O) groups excluding carboxylic acids is 1. The van der Waals surface area contributed by atoms with Gasteiger partial charge in [-0.3, -0.25) is 9.36 Å². The second kappa shape index (κ2) is 8.72. The lowest BCUT2D eigenvalue weighted by Crippen LogP contribution is -2.43. The van der Waals surface area contributed by atoms with Crippen molar-refractivity contribution in [2.75, 3.05) is 5.32 Å². The van der Waals surface area contributed by atoms with E-state index in [9.17, 15) is 22.8 Å². The van der Waals surface area contributed by atoms with Crippen LogP contribution >= 0.6 is 0 Å². The monoisotopic (exact) mass is 466 g/mol. The molecule has 7 nitrogen and oxygen atoms in total. The van der Waals surface area contributed by atoms with E-state index < -0.39 is 41.1 Å². The van der Waals surface area contributed by atoms with Crippen molar-refractivity contribution in [1.29, 1.82) is 0 Å². The Morgan fingerprint density at radius 2 is 1.85 bits per heavy atom. The number of halogens is 4. The number of carbonyl (C=O) groups is 1. The van der Waals surface area contributed by atoms with Gasteiger partial charge in [-0.1, -0.05) is 12.1 Å². The summed E-state index contributed by atoms with van der Waals surface area (Å²) >= 11 is 0. The van der Waals surface area contributed by atoms with Crippen molar-refractivity contribution in [1.82, 2.24) is 14.9 Å². The molecule has 2 amide bonds. The van der Waals surface area contributed by atoms with E-state index >= 15 is 4.39 Å². The fourth-order valence-corrected chi connectivity index (χ4v) is 3.28. The predicted molar refractivity (Wildman–Crippen MR) is 115 cm³/mol. The van der Waals surface area contributed by atoms with Crippen LogP contribution in [-0.2, 0) is 0 Å². The van der Waals surface area contributed by atoms with Crippen molar-refractivity contribution in [3.8, 4) is 5.75 Å². The van der Waals surface area contributed by atoms with Crippen molar-refractivity contribution in [3.63, 3.8) is 0 Å². The Balaban J connectivity index is 2.01. The van der Waals surface area contributed by atoms with Gasteiger partial charge in [0.25, 0.3) is 5.56 Å². The molecule has 0 aliphatic rings. The Morgan fingerprint density at radius 1 is 1.15 bits per heavy atom. The molecular weight excluding hydrogens is 444 g/mol. The molecule has 0 spiro atoms. The molecule has 1 heterocycles. The number of nitrogens with zero attached hydrogens (tertiary/aromatic N) is 2. The van der Waals surface area contributed by atoms with Crippen LogP contribution in [0.4, 0.5) is 28.0 Å². The summed E-state index contributed by atoms with van der Waals surface area (Å²) in [6.45, 7) is 6.87. The predicted octanol–water partition coefficient (Wildman–Crippen LogP) is 4.96. The van der Waals surface area contributed by atoms with Gasteiger partial charge in [-0.05, 0) is 57.5 Å². The molecule has 0 unspecified atom stereocenters. The lowest BCUT2D eigenvalue weighted by atomic mass is 10.1. The van der Waals surface area contributed by atoms with Gasteiger partial charge in [-0.2, -0.15) is 0 Å². The van der Waals surface area contributed by atoms with Crippen LogP contribution in [0, 0.1) is 5.82 Å². The second-order valence-electron chi connectivity index (χ2n) is 8.39. The normalized spacial score (nSPS) is 13.0. The number of anilines is 1. The first kappa shape index (κ1) is 24.0. The summed E-state index contributed by atoms with van der Waals surface area (Å²) in [5.74, 6) is -1.30. The number of hydrogen-bond donors (Lipinski definition) is 2. The zero-order chi connectivity index (χ0) is 24.6. The maximum Gasteiger partial charge on any atom is 0.573 e. The van der Waals surface area contributed by atoms with E-state index in [1.165, 1.54) is 28.8 Å². The molecule has 0 saturated carbocycles. The van der Waals surface area contributed by atoms with E-state index in [1.807, 2.05) is 0 Å². The molecule has 2 N–H and O–H groups in total. The highest BCUT2D eigenvalue weighted by atomic mass is 19.4. The topological polar surface area (TPSA) is 85.2 Å². The maximum absolute atomic E-state index is 15.1. The first-order valence-corrected chi connectivity index (χ1v) is 9.90. The summed E-state index contributed by atoms with van der Waals surface area (Å²) < 4.78 is 58.0. The molecule has 2 aromatic carbocycles. The first-order chi connectivity index (χ1) is 15.2. The zero-order valence-electron chi connectivity index (χ0n) is 18.2. The van der Waals surface area contributed by atoms with Crippen molar-refractivity contribution >= 4 is 22.8 Å². The van der Waals surface area contributed by atoms with Crippen molar-refractivity contribution in [2.45, 2.75) is 45.6 Å². The Labute approximate surface area is 186 Å². The van der Waals surface area contributed by atoms with Crippen molar-refractivity contribution in [2.24, 2.45) is 0 Å². The summed E-state index contributed by atoms with van der Waals surface area (Å²) in [7, 11) is 0. The van der Waals surface area contributed by atoms with Gasteiger partial charge >= 0.3 is 12.4 Å². The maximum atomic E-state index is 15.1. The van der Waals surface area contributed by atoms with E-state index in [2.05, 4.69) is 20.4 Å². The zero-order valence-corrected chi connectivity index (χ0v) is 18.2. The number of benzene rings is 2. The molecule has 0 fully saturated rings. The number of ether oxygens (including phenoxy) is 1. The van der Waals surface area contributed by atoms with Gasteiger partial charge in [0.1, 0.15) is 11.3 Å². The average molecular weight is 466 g/mol. The van der Waals surface area contributed by atoms with E-state index in [-0.39, 0.29) is 16.7 Å². The molecule has 0 aliphatic heterocycles. The average Bonchev–Trinajstić information content (AvgIpc) is 2.67. The molecule has 33 heavy (non-hydrogen) atoms. The standard InChI is InChI=1S/C22H22F4N4O3/c1-12(13-6-5-7-14(10-13)33-22(24,25)26)30-16-9-8-15(28-20(32)29-21(2,3)4)18(23)19(16)27-11-17(30)31/h5-12H,1-4H3,(H2,28,29,32)/t12-/m0/s1. The SMILES string of the molecule is C[C@@H](c1cccc(OC(F)(F)F)c1)n1c(=O)cnc2c(F)c(NC(=O)NC(C)(C)C)ccc21. The van der Waals surface area contributed by atoms with Crippen LogP contribution in [0.2, 0.25) is 0 Å². The molecule has 3 rings (SSSR count). The van der Waals surface area contributed by atoms with Gasteiger partial charge in [0.15, 0.2) is 5.82 Å². The third-order valence-corrected chi connectivity index (χ3v) is 4.59. The number of rotatable bonds is 4. The minimum atomic E-state index is -4.87. The Hall–Kier alpha value is -3.63. The lowest BCUT2D eigenvalue weighted by molar-refractivity contribution is -0.274. The van der Waals surface area contributed by atoms with E-state index in [0.717, 1.165) is 18.3 Å². The largest absolute Gasteiger partial charge is 0.573 e. The summed E-state index contributed by atoms with van der Waals surface area (Å²) in [6.07, 6.45) is -3.95. The van der Waals surface area contributed by atoms with Gasteiger partial charge in [0.05, 0.1) is 23.4 Å². The lowest BCUT2D eigenvalue weighted by Gasteiger charge is -2.21. The van der Waals surface area contributed by atoms with Gasteiger partial charge in [0.2, 0.25) is 0 Å². The summed E-state index contributed by atoms with van der Waals surface area (Å²) in [6, 6.07) is 6.47. The fourth-order valence-electron chi connectivity index (χ4n) is 3.28. The molecule has 0 aliphatic carbocycles. The summed E-state index contributed by atoms with van der Waals surface area (Å²) in [5.41, 5.74) is -1.01. The highest BCUT2D eigenvalue weighted by molar-refractivity contribution is 5.92. The third-order valence-electron chi connectivity index (χ3n) is 4.59. The minimum absolute atomic E-state index is 0.108. The second-order valence-corrected chi connectivity index (χ2v) is 8.39. The number of aromatic nitrogens is 2. The Kier molecular flexibility index (Phi) is 6.35. The molecule has 176 valence electrons. The van der Waals surface area contributed by atoms with Crippen LogP contribution in [0.5, 0.6) is 5.75 Å².